The van der Waals surface area contributed by atoms with Gasteiger partial charge in [0.25, 0.3) is 0 Å². The molecule has 15 heavy (non-hydrogen) atoms. The molecule has 0 spiro atoms. The van der Waals surface area contributed by atoms with Crippen molar-refractivity contribution < 1.29 is 9.53 Å². The van der Waals surface area contributed by atoms with Crippen molar-refractivity contribution >= 4 is 17.7 Å². The second kappa shape index (κ2) is 5.21. The first-order chi connectivity index (χ1) is 6.94. The van der Waals surface area contributed by atoms with E-state index in [1.165, 1.54) is 7.11 Å². The molecule has 3 nitrogen and oxygen atoms in total. The van der Waals surface area contributed by atoms with Gasteiger partial charge >= 0.3 is 5.97 Å². The number of likely N-dealkylation sites (tertiary alicyclic amines) is 1. The number of carbonyl (C=O) groups is 1. The monoisotopic (exact) mass is 231 g/mol. The summed E-state index contributed by atoms with van der Waals surface area (Å²) < 4.78 is 5.06. The van der Waals surface area contributed by atoms with Crippen molar-refractivity contribution in [2.24, 2.45) is 0 Å². The van der Waals surface area contributed by atoms with Crippen molar-refractivity contribution in [3.05, 3.63) is 0 Å². The SMILES string of the molecule is COC(=O)[C@@H]1CCCN1CSC(C)(C)C. The minimum Gasteiger partial charge on any atom is -0.468 e. The van der Waals surface area contributed by atoms with E-state index in [0.29, 0.717) is 0 Å². The van der Waals surface area contributed by atoms with E-state index >= 15 is 0 Å². The fourth-order valence-corrected chi connectivity index (χ4v) is 2.52. The van der Waals surface area contributed by atoms with Crippen LogP contribution in [0.25, 0.3) is 0 Å². The molecule has 0 saturated carbocycles. The molecule has 88 valence electrons. The van der Waals surface area contributed by atoms with Gasteiger partial charge in [-0.15, -0.1) is 11.8 Å². The average Bonchev–Trinajstić information content (AvgIpc) is 2.60. The van der Waals surface area contributed by atoms with Gasteiger partial charge in [-0.2, -0.15) is 0 Å². The van der Waals surface area contributed by atoms with Crippen molar-refractivity contribution in [3.63, 3.8) is 0 Å². The lowest BCUT2D eigenvalue weighted by Crippen LogP contribution is -2.37. The lowest BCUT2D eigenvalue weighted by molar-refractivity contribution is -0.145. The zero-order chi connectivity index (χ0) is 11.5. The van der Waals surface area contributed by atoms with E-state index in [4.69, 9.17) is 4.74 Å². The lowest BCUT2D eigenvalue weighted by atomic mass is 10.2. The van der Waals surface area contributed by atoms with Gasteiger partial charge in [0.1, 0.15) is 6.04 Å². The van der Waals surface area contributed by atoms with Gasteiger partial charge in [0.05, 0.1) is 7.11 Å². The molecule has 1 fully saturated rings. The number of methoxy groups -OCH3 is 1. The molecule has 0 aromatic heterocycles. The molecule has 1 atom stereocenters. The molecule has 0 unspecified atom stereocenters. The molecule has 0 bridgehead atoms. The molecule has 0 amide bonds. The Bertz CT molecular complexity index is 225. The van der Waals surface area contributed by atoms with Crippen LogP contribution in [0.4, 0.5) is 0 Å². The van der Waals surface area contributed by atoms with Crippen LogP contribution >= 0.6 is 11.8 Å². The van der Waals surface area contributed by atoms with Gasteiger partial charge in [-0.05, 0) is 19.4 Å². The first-order valence-corrected chi connectivity index (χ1v) is 6.38. The van der Waals surface area contributed by atoms with Crippen LogP contribution in [-0.4, -0.2) is 41.2 Å². The molecule has 1 aliphatic heterocycles. The largest absolute Gasteiger partial charge is 0.468 e. The zero-order valence-electron chi connectivity index (χ0n) is 10.1. The highest BCUT2D eigenvalue weighted by atomic mass is 32.2. The minimum atomic E-state index is -0.0815. The molecule has 0 aromatic rings. The molecule has 0 aromatic carbocycles. The molecule has 0 radical (unpaired) electrons. The Hall–Kier alpha value is -0.220. The smallest absolute Gasteiger partial charge is 0.323 e. The van der Waals surface area contributed by atoms with E-state index in [9.17, 15) is 4.79 Å². The van der Waals surface area contributed by atoms with Crippen LogP contribution in [-0.2, 0) is 9.53 Å². The van der Waals surface area contributed by atoms with Gasteiger partial charge in [-0.3, -0.25) is 9.69 Å². The Kier molecular flexibility index (Phi) is 4.46. The average molecular weight is 231 g/mol. The van der Waals surface area contributed by atoms with Crippen LogP contribution in [0.5, 0.6) is 0 Å². The third-order valence-electron chi connectivity index (χ3n) is 2.50. The number of rotatable bonds is 3. The number of hydrogen-bond donors (Lipinski definition) is 0. The summed E-state index contributed by atoms with van der Waals surface area (Å²) in [4.78, 5) is 13.7. The van der Waals surface area contributed by atoms with Gasteiger partial charge in [0.15, 0.2) is 0 Å². The summed E-state index contributed by atoms with van der Waals surface area (Å²) in [5.74, 6) is 0.838. The second-order valence-corrected chi connectivity index (χ2v) is 6.65. The summed E-state index contributed by atoms with van der Waals surface area (Å²) in [6, 6.07) is -0.00940. The Morgan fingerprint density at radius 3 is 2.73 bits per heavy atom. The highest BCUT2D eigenvalue weighted by Crippen LogP contribution is 2.28. The third-order valence-corrected chi connectivity index (χ3v) is 3.83. The molecule has 1 heterocycles. The quantitative estimate of drug-likeness (QED) is 0.696. The third kappa shape index (κ3) is 4.03. The highest BCUT2D eigenvalue weighted by Gasteiger charge is 2.31. The van der Waals surface area contributed by atoms with Gasteiger partial charge < -0.3 is 4.74 Å². The maximum atomic E-state index is 11.5. The summed E-state index contributed by atoms with van der Waals surface area (Å²) in [7, 11) is 1.47. The van der Waals surface area contributed by atoms with Crippen molar-refractivity contribution in [1.82, 2.24) is 4.90 Å². The minimum absolute atomic E-state index is 0.00940. The van der Waals surface area contributed by atoms with Gasteiger partial charge in [0.2, 0.25) is 0 Å². The number of carbonyl (C=O) groups excluding carboxylic acids is 1. The highest BCUT2D eigenvalue weighted by molar-refractivity contribution is 8.00. The number of ether oxygens (including phenoxy) is 1. The fourth-order valence-electron chi connectivity index (χ4n) is 1.66. The summed E-state index contributed by atoms with van der Waals surface area (Å²) in [6.07, 6.45) is 2.04. The zero-order valence-corrected chi connectivity index (χ0v) is 10.9. The Morgan fingerprint density at radius 1 is 1.53 bits per heavy atom. The number of thioether (sulfide) groups is 1. The van der Waals surface area contributed by atoms with E-state index < -0.39 is 0 Å². The van der Waals surface area contributed by atoms with Crippen molar-refractivity contribution in [2.75, 3.05) is 19.5 Å². The molecule has 0 aliphatic carbocycles. The number of esters is 1. The van der Waals surface area contributed by atoms with Crippen molar-refractivity contribution in [1.29, 1.82) is 0 Å². The van der Waals surface area contributed by atoms with E-state index in [1.54, 1.807) is 0 Å². The number of hydrogen-bond acceptors (Lipinski definition) is 4. The van der Waals surface area contributed by atoms with Crippen LogP contribution in [0.15, 0.2) is 0 Å². The lowest BCUT2D eigenvalue weighted by Gasteiger charge is -2.26. The summed E-state index contributed by atoms with van der Waals surface area (Å²) in [6.45, 7) is 7.60. The Balaban J connectivity index is 2.43. The van der Waals surface area contributed by atoms with Crippen LogP contribution in [0.2, 0.25) is 0 Å². The van der Waals surface area contributed by atoms with Crippen LogP contribution < -0.4 is 0 Å². The maximum absolute atomic E-state index is 11.5. The maximum Gasteiger partial charge on any atom is 0.323 e. The van der Waals surface area contributed by atoms with Crippen LogP contribution in [0, 0.1) is 0 Å². The molecule has 1 rings (SSSR count). The van der Waals surface area contributed by atoms with E-state index in [2.05, 4.69) is 25.7 Å². The van der Waals surface area contributed by atoms with Gasteiger partial charge in [0, 0.05) is 10.6 Å². The van der Waals surface area contributed by atoms with Crippen molar-refractivity contribution in [2.45, 2.75) is 44.4 Å². The molecular formula is C11H21NO2S. The van der Waals surface area contributed by atoms with Crippen LogP contribution in [0.1, 0.15) is 33.6 Å². The topological polar surface area (TPSA) is 29.5 Å². The van der Waals surface area contributed by atoms with Gasteiger partial charge in [-0.25, -0.2) is 0 Å². The predicted molar refractivity (Wildman–Crippen MR) is 64.0 cm³/mol. The molecule has 4 heteroatoms. The number of nitrogens with zero attached hydrogens (tertiary/aromatic N) is 1. The van der Waals surface area contributed by atoms with Crippen LogP contribution in [0.3, 0.4) is 0 Å². The summed E-state index contributed by atoms with van der Waals surface area (Å²) >= 11 is 1.88. The summed E-state index contributed by atoms with van der Waals surface area (Å²) in [5, 5.41) is 0. The fraction of sp³-hybridized carbons (Fsp3) is 0.909. The second-order valence-electron chi connectivity index (χ2n) is 4.88. The Labute approximate surface area is 96.5 Å². The normalized spacial score (nSPS) is 23.1. The first-order valence-electron chi connectivity index (χ1n) is 5.40. The Morgan fingerprint density at radius 2 is 2.20 bits per heavy atom. The molecule has 1 saturated heterocycles. The van der Waals surface area contributed by atoms with E-state index in [0.717, 1.165) is 25.3 Å². The van der Waals surface area contributed by atoms with E-state index in [1.807, 2.05) is 11.8 Å². The molecular weight excluding hydrogens is 210 g/mol. The first kappa shape index (κ1) is 12.8. The molecule has 0 N–H and O–H groups in total. The van der Waals surface area contributed by atoms with Gasteiger partial charge in [-0.1, -0.05) is 20.8 Å². The predicted octanol–water partition coefficient (Wildman–Crippen LogP) is 2.11. The van der Waals surface area contributed by atoms with Crippen molar-refractivity contribution in [3.8, 4) is 0 Å². The standard InChI is InChI=1S/C11H21NO2S/c1-11(2,3)15-8-12-7-5-6-9(12)10(13)14-4/h9H,5-8H2,1-4H3/t9-/m0/s1. The van der Waals surface area contributed by atoms with E-state index in [-0.39, 0.29) is 16.8 Å². The summed E-state index contributed by atoms with van der Waals surface area (Å²) in [5.41, 5.74) is 0. The molecule has 1 aliphatic rings.